The van der Waals surface area contributed by atoms with Crippen LogP contribution in [-0.2, 0) is 0 Å². The number of hydrogen-bond donors (Lipinski definition) is 1. The van der Waals surface area contributed by atoms with Crippen molar-refractivity contribution in [2.24, 2.45) is 0 Å². The lowest BCUT2D eigenvalue weighted by Gasteiger charge is -2.23. The number of nitrogens with one attached hydrogen (secondary N) is 1. The van der Waals surface area contributed by atoms with Gasteiger partial charge in [0.25, 0.3) is 0 Å². The molecule has 0 aromatic heterocycles. The highest BCUT2D eigenvalue weighted by molar-refractivity contribution is 5.39. The molecule has 0 aliphatic heterocycles. The highest BCUT2D eigenvalue weighted by Gasteiger charge is 2.15. The van der Waals surface area contributed by atoms with Crippen molar-refractivity contribution in [3.63, 3.8) is 0 Å². The average Bonchev–Trinajstić information content (AvgIpc) is 2.28. The Morgan fingerprint density at radius 1 is 1.22 bits per heavy atom. The summed E-state index contributed by atoms with van der Waals surface area (Å²) in [5.74, 6) is 2.73. The van der Waals surface area contributed by atoms with Crippen LogP contribution < -0.4 is 5.32 Å². The minimum absolute atomic E-state index is 0.434. The molecule has 0 bridgehead atoms. The standard InChI is InChI=1S/C17H25N/c1-6-8-9-10-16(18-7-2)17-14(4)11-13(3)12-15(17)5/h1,11-12,16,18H,7-10H2,2-5H3. The molecule has 1 aromatic carbocycles. The SMILES string of the molecule is C#CCCCC(NCC)c1c(C)cc(C)cc1C. The molecule has 0 radical (unpaired) electrons. The van der Waals surface area contributed by atoms with Gasteiger partial charge in [0.1, 0.15) is 0 Å². The minimum Gasteiger partial charge on any atom is -0.310 e. The molecule has 0 fully saturated rings. The molecule has 1 unspecified atom stereocenters. The molecule has 1 atom stereocenters. The van der Waals surface area contributed by atoms with Gasteiger partial charge in [0, 0.05) is 12.5 Å². The molecule has 98 valence electrons. The van der Waals surface area contributed by atoms with E-state index in [0.29, 0.717) is 6.04 Å². The third-order valence-corrected chi connectivity index (χ3v) is 3.35. The van der Waals surface area contributed by atoms with E-state index in [4.69, 9.17) is 6.42 Å². The van der Waals surface area contributed by atoms with Crippen LogP contribution in [0, 0.1) is 33.1 Å². The Labute approximate surface area is 112 Å². The van der Waals surface area contributed by atoms with Gasteiger partial charge < -0.3 is 5.32 Å². The van der Waals surface area contributed by atoms with Crippen molar-refractivity contribution in [1.82, 2.24) is 5.32 Å². The van der Waals surface area contributed by atoms with Crippen LogP contribution in [-0.4, -0.2) is 6.54 Å². The largest absolute Gasteiger partial charge is 0.310 e. The number of aryl methyl sites for hydroxylation is 3. The van der Waals surface area contributed by atoms with Crippen LogP contribution in [0.4, 0.5) is 0 Å². The highest BCUT2D eigenvalue weighted by Crippen LogP contribution is 2.27. The van der Waals surface area contributed by atoms with Crippen LogP contribution in [0.3, 0.4) is 0 Å². The van der Waals surface area contributed by atoms with Crippen molar-refractivity contribution in [2.45, 2.75) is 53.0 Å². The molecule has 0 amide bonds. The van der Waals surface area contributed by atoms with Crippen LogP contribution in [0.2, 0.25) is 0 Å². The Morgan fingerprint density at radius 2 is 1.83 bits per heavy atom. The fourth-order valence-corrected chi connectivity index (χ4v) is 2.74. The van der Waals surface area contributed by atoms with Crippen LogP contribution in [0.15, 0.2) is 12.1 Å². The number of rotatable bonds is 6. The summed E-state index contributed by atoms with van der Waals surface area (Å²) in [5.41, 5.74) is 5.57. The maximum absolute atomic E-state index is 5.34. The van der Waals surface area contributed by atoms with Gasteiger partial charge in [0.15, 0.2) is 0 Å². The van der Waals surface area contributed by atoms with Crippen molar-refractivity contribution in [1.29, 1.82) is 0 Å². The molecule has 1 nitrogen and oxygen atoms in total. The predicted octanol–water partition coefficient (Wildman–Crippen LogP) is 4.07. The third-order valence-electron chi connectivity index (χ3n) is 3.35. The Morgan fingerprint density at radius 3 is 2.33 bits per heavy atom. The summed E-state index contributed by atoms with van der Waals surface area (Å²) in [6, 6.07) is 4.98. The summed E-state index contributed by atoms with van der Waals surface area (Å²) in [5, 5.41) is 3.59. The summed E-state index contributed by atoms with van der Waals surface area (Å²) in [4.78, 5) is 0. The number of unbranched alkanes of at least 4 members (excludes halogenated alkanes) is 1. The highest BCUT2D eigenvalue weighted by atomic mass is 14.9. The lowest BCUT2D eigenvalue weighted by atomic mass is 9.91. The molecule has 1 aromatic rings. The lowest BCUT2D eigenvalue weighted by Crippen LogP contribution is -2.22. The van der Waals surface area contributed by atoms with E-state index in [1.165, 1.54) is 22.3 Å². The number of terminal acetylenes is 1. The number of benzene rings is 1. The van der Waals surface area contributed by atoms with Crippen LogP contribution in [0.5, 0.6) is 0 Å². The Kier molecular flexibility index (Phi) is 5.95. The molecular formula is C17H25N. The topological polar surface area (TPSA) is 12.0 Å². The normalized spacial score (nSPS) is 12.2. The molecule has 1 rings (SSSR count). The van der Waals surface area contributed by atoms with Gasteiger partial charge in [-0.25, -0.2) is 0 Å². The summed E-state index contributed by atoms with van der Waals surface area (Å²) >= 11 is 0. The van der Waals surface area contributed by atoms with Gasteiger partial charge >= 0.3 is 0 Å². The first kappa shape index (κ1) is 14.8. The van der Waals surface area contributed by atoms with Crippen LogP contribution >= 0.6 is 0 Å². The summed E-state index contributed by atoms with van der Waals surface area (Å²) in [7, 11) is 0. The Hall–Kier alpha value is -1.26. The molecule has 0 aliphatic carbocycles. The van der Waals surface area contributed by atoms with Crippen molar-refractivity contribution >= 4 is 0 Å². The van der Waals surface area contributed by atoms with Gasteiger partial charge in [-0.1, -0.05) is 24.6 Å². The fraction of sp³-hybridized carbons (Fsp3) is 0.529. The van der Waals surface area contributed by atoms with E-state index in [9.17, 15) is 0 Å². The predicted molar refractivity (Wildman–Crippen MR) is 79.8 cm³/mol. The summed E-state index contributed by atoms with van der Waals surface area (Å²) in [6.07, 6.45) is 8.40. The van der Waals surface area contributed by atoms with Crippen molar-refractivity contribution in [2.75, 3.05) is 6.54 Å². The zero-order valence-electron chi connectivity index (χ0n) is 12.1. The first-order chi connectivity index (χ1) is 8.60. The maximum Gasteiger partial charge on any atom is 0.0325 e. The molecule has 1 N–H and O–H groups in total. The monoisotopic (exact) mass is 243 g/mol. The van der Waals surface area contributed by atoms with E-state index in [1.54, 1.807) is 0 Å². The van der Waals surface area contributed by atoms with Crippen molar-refractivity contribution in [3.8, 4) is 12.3 Å². The zero-order chi connectivity index (χ0) is 13.5. The Balaban J connectivity index is 2.94. The molecule has 0 aliphatic rings. The molecule has 18 heavy (non-hydrogen) atoms. The smallest absolute Gasteiger partial charge is 0.0325 e. The van der Waals surface area contributed by atoms with E-state index in [-0.39, 0.29) is 0 Å². The first-order valence-corrected chi connectivity index (χ1v) is 6.84. The molecule has 0 spiro atoms. The summed E-state index contributed by atoms with van der Waals surface area (Å²) < 4.78 is 0. The second-order valence-corrected chi connectivity index (χ2v) is 5.02. The van der Waals surface area contributed by atoms with Crippen LogP contribution in [0.25, 0.3) is 0 Å². The lowest BCUT2D eigenvalue weighted by molar-refractivity contribution is 0.498. The van der Waals surface area contributed by atoms with Crippen LogP contribution in [0.1, 0.15) is 54.5 Å². The van der Waals surface area contributed by atoms with Crippen molar-refractivity contribution in [3.05, 3.63) is 34.4 Å². The van der Waals surface area contributed by atoms with E-state index in [1.807, 2.05) is 0 Å². The van der Waals surface area contributed by atoms with Gasteiger partial charge in [-0.2, -0.15) is 0 Å². The maximum atomic E-state index is 5.34. The minimum atomic E-state index is 0.434. The molecule has 1 heteroatoms. The molecule has 0 saturated heterocycles. The molecular weight excluding hydrogens is 218 g/mol. The average molecular weight is 243 g/mol. The second-order valence-electron chi connectivity index (χ2n) is 5.02. The van der Waals surface area contributed by atoms with Gasteiger partial charge in [-0.3, -0.25) is 0 Å². The second kappa shape index (κ2) is 7.24. The van der Waals surface area contributed by atoms with Gasteiger partial charge in [-0.05, 0) is 56.8 Å². The summed E-state index contributed by atoms with van der Waals surface area (Å²) in [6.45, 7) is 9.73. The van der Waals surface area contributed by atoms with Gasteiger partial charge in [-0.15, -0.1) is 12.3 Å². The first-order valence-electron chi connectivity index (χ1n) is 6.84. The quantitative estimate of drug-likeness (QED) is 0.587. The van der Waals surface area contributed by atoms with E-state index >= 15 is 0 Å². The number of hydrogen-bond acceptors (Lipinski definition) is 1. The van der Waals surface area contributed by atoms with E-state index in [0.717, 1.165) is 25.8 Å². The van der Waals surface area contributed by atoms with Crippen molar-refractivity contribution < 1.29 is 0 Å². The van der Waals surface area contributed by atoms with E-state index < -0.39 is 0 Å². The fourth-order valence-electron chi connectivity index (χ4n) is 2.74. The van der Waals surface area contributed by atoms with Gasteiger partial charge in [0.05, 0.1) is 0 Å². The zero-order valence-corrected chi connectivity index (χ0v) is 12.1. The third kappa shape index (κ3) is 3.89. The van der Waals surface area contributed by atoms with E-state index in [2.05, 4.69) is 51.1 Å². The molecule has 0 heterocycles. The van der Waals surface area contributed by atoms with Gasteiger partial charge in [0.2, 0.25) is 0 Å². The molecule has 0 saturated carbocycles. The Bertz CT molecular complexity index is 403.